The average molecular weight is 223 g/mol. The van der Waals surface area contributed by atoms with Gasteiger partial charge in [-0.25, -0.2) is 0 Å². The second-order valence-corrected chi connectivity index (χ2v) is 4.93. The van der Waals surface area contributed by atoms with E-state index in [0.717, 1.165) is 0 Å². The van der Waals surface area contributed by atoms with E-state index in [1.54, 1.807) is 11.8 Å². The van der Waals surface area contributed by atoms with E-state index in [4.69, 9.17) is 0 Å². The van der Waals surface area contributed by atoms with E-state index in [1.807, 2.05) is 0 Å². The summed E-state index contributed by atoms with van der Waals surface area (Å²) in [5.41, 5.74) is 1.23. The summed E-state index contributed by atoms with van der Waals surface area (Å²) >= 11 is 1.78. The lowest BCUT2D eigenvalue weighted by Gasteiger charge is -2.21. The number of anilines is 1. The minimum absolute atomic E-state index is 0.534. The molecule has 1 aromatic carbocycles. The van der Waals surface area contributed by atoms with Gasteiger partial charge in [-0.2, -0.15) is 0 Å². The molecular weight excluding hydrogens is 202 g/mol. The van der Waals surface area contributed by atoms with Gasteiger partial charge in [-0.1, -0.05) is 26.3 Å². The molecule has 0 bridgehead atoms. The molecule has 0 amide bonds. The minimum Gasteiger partial charge on any atom is -0.382 e. The zero-order chi connectivity index (χ0) is 11.3. The van der Waals surface area contributed by atoms with Crippen molar-refractivity contribution in [2.45, 2.75) is 38.1 Å². The lowest BCUT2D eigenvalue weighted by atomic mass is 10.0. The van der Waals surface area contributed by atoms with E-state index in [2.05, 4.69) is 56.6 Å². The zero-order valence-corrected chi connectivity index (χ0v) is 10.9. The fraction of sp³-hybridized carbons (Fsp3) is 0.538. The quantitative estimate of drug-likeness (QED) is 0.749. The van der Waals surface area contributed by atoms with Gasteiger partial charge >= 0.3 is 0 Å². The van der Waals surface area contributed by atoms with Gasteiger partial charge in [0.25, 0.3) is 0 Å². The van der Waals surface area contributed by atoms with Gasteiger partial charge < -0.3 is 5.32 Å². The Hall–Kier alpha value is -0.630. The van der Waals surface area contributed by atoms with E-state index < -0.39 is 0 Å². The smallest absolute Gasteiger partial charge is 0.0353 e. The highest BCUT2D eigenvalue weighted by atomic mass is 32.2. The van der Waals surface area contributed by atoms with Crippen LogP contribution in [0.15, 0.2) is 29.2 Å². The van der Waals surface area contributed by atoms with Crippen molar-refractivity contribution >= 4 is 17.4 Å². The molecule has 0 aliphatic heterocycles. The summed E-state index contributed by atoms with van der Waals surface area (Å²) in [5.74, 6) is 0.711. The normalized spacial score (nSPS) is 14.7. The van der Waals surface area contributed by atoms with Crippen molar-refractivity contribution in [3.05, 3.63) is 24.3 Å². The SMILES string of the molecule is CC[C@@H](C)[C@H](C)Nc1cccc(SC)c1. The van der Waals surface area contributed by atoms with Gasteiger partial charge in [0, 0.05) is 16.6 Å². The van der Waals surface area contributed by atoms with Gasteiger partial charge in [0.05, 0.1) is 0 Å². The van der Waals surface area contributed by atoms with E-state index in [0.29, 0.717) is 12.0 Å². The third kappa shape index (κ3) is 3.78. The number of hydrogen-bond acceptors (Lipinski definition) is 2. The van der Waals surface area contributed by atoms with Gasteiger partial charge in [0.2, 0.25) is 0 Å². The van der Waals surface area contributed by atoms with Crippen LogP contribution in [0.5, 0.6) is 0 Å². The summed E-state index contributed by atoms with van der Waals surface area (Å²) in [6, 6.07) is 9.13. The van der Waals surface area contributed by atoms with Crippen molar-refractivity contribution in [1.29, 1.82) is 0 Å². The third-order valence-electron chi connectivity index (χ3n) is 2.96. The number of thioether (sulfide) groups is 1. The summed E-state index contributed by atoms with van der Waals surface area (Å²) in [7, 11) is 0. The van der Waals surface area contributed by atoms with Gasteiger partial charge in [-0.05, 0) is 37.3 Å². The van der Waals surface area contributed by atoms with Crippen LogP contribution in [0, 0.1) is 5.92 Å². The van der Waals surface area contributed by atoms with Crippen molar-refractivity contribution in [3.8, 4) is 0 Å². The summed E-state index contributed by atoms with van der Waals surface area (Å²) < 4.78 is 0. The first-order valence-corrected chi connectivity index (χ1v) is 6.80. The third-order valence-corrected chi connectivity index (χ3v) is 3.69. The van der Waals surface area contributed by atoms with Crippen LogP contribution < -0.4 is 5.32 Å². The Morgan fingerprint density at radius 2 is 2.07 bits per heavy atom. The van der Waals surface area contributed by atoms with Crippen LogP contribution in [0.4, 0.5) is 5.69 Å². The van der Waals surface area contributed by atoms with Crippen LogP contribution in [-0.2, 0) is 0 Å². The van der Waals surface area contributed by atoms with Crippen LogP contribution in [0.1, 0.15) is 27.2 Å². The Morgan fingerprint density at radius 1 is 1.33 bits per heavy atom. The van der Waals surface area contributed by atoms with Crippen molar-refractivity contribution in [1.82, 2.24) is 0 Å². The van der Waals surface area contributed by atoms with Crippen LogP contribution in [0.3, 0.4) is 0 Å². The second kappa shape index (κ2) is 6.06. The molecule has 0 heterocycles. The lowest BCUT2D eigenvalue weighted by Crippen LogP contribution is -2.23. The Labute approximate surface area is 97.7 Å². The average Bonchev–Trinajstić information content (AvgIpc) is 2.28. The molecule has 0 saturated carbocycles. The highest BCUT2D eigenvalue weighted by molar-refractivity contribution is 7.98. The van der Waals surface area contributed by atoms with Gasteiger partial charge in [-0.3, -0.25) is 0 Å². The van der Waals surface area contributed by atoms with Gasteiger partial charge in [0.15, 0.2) is 0 Å². The van der Waals surface area contributed by atoms with Crippen LogP contribution in [-0.4, -0.2) is 12.3 Å². The maximum Gasteiger partial charge on any atom is 0.0353 e. The highest BCUT2D eigenvalue weighted by Gasteiger charge is 2.09. The lowest BCUT2D eigenvalue weighted by molar-refractivity contribution is 0.494. The minimum atomic E-state index is 0.534. The fourth-order valence-corrected chi connectivity index (χ4v) is 1.93. The predicted molar refractivity (Wildman–Crippen MR) is 70.8 cm³/mol. The second-order valence-electron chi connectivity index (χ2n) is 4.05. The molecule has 0 fully saturated rings. The van der Waals surface area contributed by atoms with Crippen molar-refractivity contribution in [2.24, 2.45) is 5.92 Å². The molecule has 0 aromatic heterocycles. The Kier molecular flexibility index (Phi) is 5.03. The van der Waals surface area contributed by atoms with E-state index in [-0.39, 0.29) is 0 Å². The first kappa shape index (κ1) is 12.4. The predicted octanol–water partition coefficient (Wildman–Crippen LogP) is 4.26. The van der Waals surface area contributed by atoms with E-state index in [1.165, 1.54) is 17.0 Å². The molecule has 0 unspecified atom stereocenters. The number of nitrogens with one attached hydrogen (secondary N) is 1. The molecule has 0 aliphatic carbocycles. The molecular formula is C13H21NS. The molecule has 1 aromatic rings. The molecule has 1 N–H and O–H groups in total. The Morgan fingerprint density at radius 3 is 2.67 bits per heavy atom. The van der Waals surface area contributed by atoms with Crippen molar-refractivity contribution in [3.63, 3.8) is 0 Å². The summed E-state index contributed by atoms with van der Waals surface area (Å²) in [6.45, 7) is 6.77. The monoisotopic (exact) mass is 223 g/mol. The molecule has 2 atom stereocenters. The maximum atomic E-state index is 3.55. The Bertz CT molecular complexity index is 298. The highest BCUT2D eigenvalue weighted by Crippen LogP contribution is 2.21. The largest absolute Gasteiger partial charge is 0.382 e. The van der Waals surface area contributed by atoms with Gasteiger partial charge in [0.1, 0.15) is 0 Å². The maximum absolute atomic E-state index is 3.55. The van der Waals surface area contributed by atoms with Crippen molar-refractivity contribution in [2.75, 3.05) is 11.6 Å². The molecule has 2 heteroatoms. The molecule has 0 radical (unpaired) electrons. The van der Waals surface area contributed by atoms with Crippen LogP contribution in [0.25, 0.3) is 0 Å². The molecule has 84 valence electrons. The molecule has 0 saturated heterocycles. The van der Waals surface area contributed by atoms with Crippen molar-refractivity contribution < 1.29 is 0 Å². The summed E-state index contributed by atoms with van der Waals surface area (Å²) in [6.07, 6.45) is 3.33. The van der Waals surface area contributed by atoms with Crippen LogP contribution >= 0.6 is 11.8 Å². The standard InChI is InChI=1S/C13H21NS/c1-5-10(2)11(3)14-12-7-6-8-13(9-12)15-4/h6-11,14H,5H2,1-4H3/t10-,11+/m1/s1. The number of benzene rings is 1. The van der Waals surface area contributed by atoms with E-state index in [9.17, 15) is 0 Å². The molecule has 1 rings (SSSR count). The summed E-state index contributed by atoms with van der Waals surface area (Å²) in [5, 5.41) is 3.55. The Balaban J connectivity index is 2.63. The van der Waals surface area contributed by atoms with Gasteiger partial charge in [-0.15, -0.1) is 11.8 Å². The molecule has 0 aliphatic rings. The summed E-state index contributed by atoms with van der Waals surface area (Å²) in [4.78, 5) is 1.32. The number of rotatable bonds is 5. The van der Waals surface area contributed by atoms with E-state index >= 15 is 0 Å². The fourth-order valence-electron chi connectivity index (χ4n) is 1.47. The molecule has 1 nitrogen and oxygen atoms in total. The topological polar surface area (TPSA) is 12.0 Å². The first-order chi connectivity index (χ1) is 7.17. The molecule has 15 heavy (non-hydrogen) atoms. The zero-order valence-electron chi connectivity index (χ0n) is 10.1. The first-order valence-electron chi connectivity index (χ1n) is 5.58. The molecule has 0 spiro atoms. The van der Waals surface area contributed by atoms with Crippen LogP contribution in [0.2, 0.25) is 0 Å². The number of hydrogen-bond donors (Lipinski definition) is 1.